The number of ether oxygens (including phenoxy) is 1. The van der Waals surface area contributed by atoms with Crippen LogP contribution in [0.15, 0.2) is 35.4 Å². The number of hydrogen-bond donors (Lipinski definition) is 0. The molecule has 0 saturated heterocycles. The third-order valence-electron chi connectivity index (χ3n) is 2.67. The lowest BCUT2D eigenvalue weighted by Crippen LogP contribution is -2.05. The molecule has 4 nitrogen and oxygen atoms in total. The number of thioether (sulfide) groups is 1. The van der Waals surface area contributed by atoms with Gasteiger partial charge in [0.2, 0.25) is 0 Å². The van der Waals surface area contributed by atoms with Crippen LogP contribution in [0.5, 0.6) is 0 Å². The van der Waals surface area contributed by atoms with Crippen molar-refractivity contribution in [2.45, 2.75) is 11.9 Å². The molecule has 0 aliphatic heterocycles. The highest BCUT2D eigenvalue weighted by atomic mass is 32.2. The number of methoxy groups -OCH3 is 1. The first-order chi connectivity index (χ1) is 8.69. The summed E-state index contributed by atoms with van der Waals surface area (Å²) in [5.41, 5.74) is 2.26. The molecule has 2 rings (SSSR count). The highest BCUT2D eigenvalue weighted by Crippen LogP contribution is 2.25. The van der Waals surface area contributed by atoms with Crippen molar-refractivity contribution in [3.63, 3.8) is 0 Å². The molecular formula is C13H14N2O2S. The van der Waals surface area contributed by atoms with Crippen LogP contribution in [-0.2, 0) is 4.74 Å². The van der Waals surface area contributed by atoms with Gasteiger partial charge >= 0.3 is 5.97 Å². The van der Waals surface area contributed by atoms with Crippen molar-refractivity contribution in [1.29, 1.82) is 0 Å². The van der Waals surface area contributed by atoms with E-state index in [1.54, 1.807) is 4.68 Å². The smallest absolute Gasteiger partial charge is 0.342 e. The van der Waals surface area contributed by atoms with E-state index in [0.717, 1.165) is 11.4 Å². The maximum absolute atomic E-state index is 11.8. The normalized spacial score (nSPS) is 10.4. The van der Waals surface area contributed by atoms with Crippen molar-refractivity contribution in [3.8, 4) is 5.69 Å². The van der Waals surface area contributed by atoms with Gasteiger partial charge in [-0.1, -0.05) is 18.2 Å². The summed E-state index contributed by atoms with van der Waals surface area (Å²) >= 11 is 1.44. The van der Waals surface area contributed by atoms with E-state index in [4.69, 9.17) is 4.74 Å². The molecule has 0 atom stereocenters. The van der Waals surface area contributed by atoms with Gasteiger partial charge in [-0.25, -0.2) is 9.48 Å². The third kappa shape index (κ3) is 2.13. The second kappa shape index (κ2) is 5.27. The first-order valence-corrected chi connectivity index (χ1v) is 6.69. The molecule has 2 aromatic rings. The summed E-state index contributed by atoms with van der Waals surface area (Å²) in [5, 5.41) is 5.13. The summed E-state index contributed by atoms with van der Waals surface area (Å²) in [6, 6.07) is 9.72. The standard InChI is InChI=1S/C13H14N2O2S/c1-9-11(13(16)17-2)12(18-3)14-15(9)10-7-5-4-6-8-10/h4-8H,1-3H3. The van der Waals surface area contributed by atoms with Crippen LogP contribution in [0.1, 0.15) is 16.1 Å². The number of esters is 1. The van der Waals surface area contributed by atoms with Gasteiger partial charge in [0.05, 0.1) is 18.5 Å². The van der Waals surface area contributed by atoms with Gasteiger partial charge < -0.3 is 4.74 Å². The summed E-state index contributed by atoms with van der Waals surface area (Å²) < 4.78 is 6.57. The Bertz CT molecular complexity index is 564. The molecule has 1 aromatic heterocycles. The molecule has 18 heavy (non-hydrogen) atoms. The zero-order valence-electron chi connectivity index (χ0n) is 10.5. The minimum Gasteiger partial charge on any atom is -0.465 e. The molecule has 0 bridgehead atoms. The van der Waals surface area contributed by atoms with Crippen LogP contribution in [0.3, 0.4) is 0 Å². The minimum atomic E-state index is -0.348. The van der Waals surface area contributed by atoms with Crippen molar-refractivity contribution in [2.24, 2.45) is 0 Å². The van der Waals surface area contributed by atoms with Crippen LogP contribution in [0.2, 0.25) is 0 Å². The van der Waals surface area contributed by atoms with E-state index in [0.29, 0.717) is 10.6 Å². The van der Waals surface area contributed by atoms with Crippen molar-refractivity contribution in [1.82, 2.24) is 9.78 Å². The summed E-state index contributed by atoms with van der Waals surface area (Å²) in [6.07, 6.45) is 1.89. The molecule has 94 valence electrons. The number of hydrogen-bond acceptors (Lipinski definition) is 4. The van der Waals surface area contributed by atoms with Crippen LogP contribution in [-0.4, -0.2) is 29.1 Å². The summed E-state index contributed by atoms with van der Waals surface area (Å²) in [4.78, 5) is 11.8. The lowest BCUT2D eigenvalue weighted by atomic mass is 10.2. The van der Waals surface area contributed by atoms with Crippen molar-refractivity contribution >= 4 is 17.7 Å². The third-order valence-corrected chi connectivity index (χ3v) is 3.34. The fourth-order valence-corrected chi connectivity index (χ4v) is 2.38. The maximum Gasteiger partial charge on any atom is 0.342 e. The highest BCUT2D eigenvalue weighted by Gasteiger charge is 2.21. The van der Waals surface area contributed by atoms with Gasteiger partial charge in [-0.15, -0.1) is 11.8 Å². The largest absolute Gasteiger partial charge is 0.465 e. The van der Waals surface area contributed by atoms with E-state index in [1.165, 1.54) is 18.9 Å². The van der Waals surface area contributed by atoms with Crippen LogP contribution >= 0.6 is 11.8 Å². The van der Waals surface area contributed by atoms with Gasteiger partial charge in [0.15, 0.2) is 0 Å². The molecule has 0 saturated carbocycles. The molecule has 0 spiro atoms. The Balaban J connectivity index is 2.58. The van der Waals surface area contributed by atoms with Crippen LogP contribution in [0, 0.1) is 6.92 Å². The van der Waals surface area contributed by atoms with Gasteiger partial charge in [0.1, 0.15) is 10.6 Å². The van der Waals surface area contributed by atoms with E-state index in [1.807, 2.05) is 43.5 Å². The molecule has 1 heterocycles. The predicted molar refractivity (Wildman–Crippen MR) is 71.4 cm³/mol. The Morgan fingerprint density at radius 1 is 1.33 bits per heavy atom. The fourth-order valence-electron chi connectivity index (χ4n) is 1.78. The molecule has 1 aromatic carbocycles. The van der Waals surface area contributed by atoms with E-state index in [2.05, 4.69) is 5.10 Å². The monoisotopic (exact) mass is 262 g/mol. The number of carbonyl (C=O) groups excluding carboxylic acids is 1. The summed E-state index contributed by atoms with van der Waals surface area (Å²) in [6.45, 7) is 1.87. The Kier molecular flexibility index (Phi) is 3.72. The lowest BCUT2D eigenvalue weighted by Gasteiger charge is -2.03. The zero-order valence-corrected chi connectivity index (χ0v) is 11.3. The summed E-state index contributed by atoms with van der Waals surface area (Å²) in [5.74, 6) is -0.348. The molecule has 0 fully saturated rings. The minimum absolute atomic E-state index is 0.348. The molecule has 0 aliphatic rings. The molecule has 0 radical (unpaired) electrons. The van der Waals surface area contributed by atoms with Gasteiger partial charge in [-0.05, 0) is 25.3 Å². The van der Waals surface area contributed by atoms with E-state index in [9.17, 15) is 4.79 Å². The Labute approximate surface area is 110 Å². The first kappa shape index (κ1) is 12.7. The van der Waals surface area contributed by atoms with Gasteiger partial charge in [0.25, 0.3) is 0 Å². The van der Waals surface area contributed by atoms with Crippen molar-refractivity contribution in [2.75, 3.05) is 13.4 Å². The summed E-state index contributed by atoms with van der Waals surface area (Å²) in [7, 11) is 1.38. The van der Waals surface area contributed by atoms with E-state index >= 15 is 0 Å². The second-order valence-corrected chi connectivity index (χ2v) is 4.50. The number of para-hydroxylation sites is 1. The van der Waals surface area contributed by atoms with Gasteiger partial charge in [0, 0.05) is 0 Å². The van der Waals surface area contributed by atoms with Crippen LogP contribution < -0.4 is 0 Å². The average Bonchev–Trinajstić information content (AvgIpc) is 2.76. The van der Waals surface area contributed by atoms with Gasteiger partial charge in [-0.2, -0.15) is 5.10 Å². The van der Waals surface area contributed by atoms with E-state index in [-0.39, 0.29) is 5.97 Å². The number of benzene rings is 1. The second-order valence-electron chi connectivity index (χ2n) is 3.71. The Hall–Kier alpha value is -1.75. The lowest BCUT2D eigenvalue weighted by molar-refractivity contribution is 0.0596. The number of carbonyl (C=O) groups is 1. The van der Waals surface area contributed by atoms with Crippen LogP contribution in [0.25, 0.3) is 5.69 Å². The molecule has 0 N–H and O–H groups in total. The fraction of sp³-hybridized carbons (Fsp3) is 0.231. The molecule has 0 amide bonds. The molecule has 0 aliphatic carbocycles. The van der Waals surface area contributed by atoms with E-state index < -0.39 is 0 Å². The zero-order chi connectivity index (χ0) is 13.1. The van der Waals surface area contributed by atoms with Crippen molar-refractivity contribution < 1.29 is 9.53 Å². The number of rotatable bonds is 3. The Morgan fingerprint density at radius 3 is 2.56 bits per heavy atom. The number of nitrogens with zero attached hydrogens (tertiary/aromatic N) is 2. The van der Waals surface area contributed by atoms with Gasteiger partial charge in [-0.3, -0.25) is 0 Å². The SMILES string of the molecule is COC(=O)c1c(SC)nn(-c2ccccc2)c1C. The predicted octanol–water partition coefficient (Wildman–Crippen LogP) is 2.69. The topological polar surface area (TPSA) is 44.1 Å². The number of aromatic nitrogens is 2. The van der Waals surface area contributed by atoms with Crippen molar-refractivity contribution in [3.05, 3.63) is 41.6 Å². The maximum atomic E-state index is 11.8. The molecular weight excluding hydrogens is 248 g/mol. The highest BCUT2D eigenvalue weighted by molar-refractivity contribution is 7.98. The molecule has 5 heteroatoms. The molecule has 0 unspecified atom stereocenters. The van der Waals surface area contributed by atoms with Crippen LogP contribution in [0.4, 0.5) is 0 Å². The average molecular weight is 262 g/mol. The Morgan fingerprint density at radius 2 is 2.00 bits per heavy atom. The quantitative estimate of drug-likeness (QED) is 0.630. The first-order valence-electron chi connectivity index (χ1n) is 5.46.